The molecule has 3 nitrogen and oxygen atoms in total. The fourth-order valence-electron chi connectivity index (χ4n) is 1.74. The van der Waals surface area contributed by atoms with E-state index in [1.807, 2.05) is 6.92 Å². The van der Waals surface area contributed by atoms with Gasteiger partial charge in [-0.3, -0.25) is 0 Å². The molecule has 0 aliphatic heterocycles. The van der Waals surface area contributed by atoms with E-state index in [0.29, 0.717) is 6.61 Å². The van der Waals surface area contributed by atoms with Crippen molar-refractivity contribution in [2.45, 2.75) is 52.3 Å². The SMILES string of the molecule is COCCC(C)Oc1c(Br)cc(CNC(C)(C)C)cc1Br. The highest BCUT2D eigenvalue weighted by Gasteiger charge is 2.14. The monoisotopic (exact) mass is 421 g/mol. The number of ether oxygens (including phenoxy) is 2. The van der Waals surface area contributed by atoms with Gasteiger partial charge in [-0.15, -0.1) is 0 Å². The fraction of sp³-hybridized carbons (Fsp3) is 0.625. The number of methoxy groups -OCH3 is 1. The fourth-order valence-corrected chi connectivity index (χ4v) is 3.21. The highest BCUT2D eigenvalue weighted by atomic mass is 79.9. The third-order valence-corrected chi connectivity index (χ3v) is 4.11. The lowest BCUT2D eigenvalue weighted by Crippen LogP contribution is -2.35. The standard InChI is InChI=1S/C16H25Br2NO2/c1-11(6-7-20-5)21-15-13(17)8-12(9-14(15)18)10-19-16(2,3)4/h8-9,11,19H,6-7,10H2,1-5H3. The van der Waals surface area contributed by atoms with Crippen LogP contribution in [0.5, 0.6) is 5.75 Å². The largest absolute Gasteiger partial charge is 0.488 e. The van der Waals surface area contributed by atoms with Crippen molar-refractivity contribution in [2.75, 3.05) is 13.7 Å². The first-order valence-corrected chi connectivity index (χ1v) is 8.70. The van der Waals surface area contributed by atoms with Crippen LogP contribution in [0.3, 0.4) is 0 Å². The number of nitrogens with one attached hydrogen (secondary N) is 1. The second kappa shape index (κ2) is 8.51. The Balaban J connectivity index is 2.75. The normalized spacial score (nSPS) is 13.3. The molecule has 0 bridgehead atoms. The summed E-state index contributed by atoms with van der Waals surface area (Å²) in [5.41, 5.74) is 1.31. The molecule has 0 saturated carbocycles. The van der Waals surface area contributed by atoms with E-state index >= 15 is 0 Å². The Bertz CT molecular complexity index is 435. The van der Waals surface area contributed by atoms with E-state index in [2.05, 4.69) is 70.1 Å². The van der Waals surface area contributed by atoms with Crippen LogP contribution in [0.2, 0.25) is 0 Å². The van der Waals surface area contributed by atoms with Crippen molar-refractivity contribution in [3.05, 3.63) is 26.6 Å². The van der Waals surface area contributed by atoms with Gasteiger partial charge < -0.3 is 14.8 Å². The molecule has 1 N–H and O–H groups in total. The Morgan fingerprint density at radius 2 is 1.76 bits per heavy atom. The van der Waals surface area contributed by atoms with Crippen LogP contribution in [0.25, 0.3) is 0 Å². The predicted molar refractivity (Wildman–Crippen MR) is 95.0 cm³/mol. The summed E-state index contributed by atoms with van der Waals surface area (Å²) in [6.45, 7) is 10.0. The van der Waals surface area contributed by atoms with Crippen LogP contribution in [-0.4, -0.2) is 25.4 Å². The molecule has 1 atom stereocenters. The molecule has 0 aliphatic rings. The molecule has 1 aromatic rings. The summed E-state index contributed by atoms with van der Waals surface area (Å²) >= 11 is 7.20. The van der Waals surface area contributed by atoms with E-state index in [1.165, 1.54) is 5.56 Å². The van der Waals surface area contributed by atoms with Crippen LogP contribution in [0.15, 0.2) is 21.1 Å². The zero-order valence-corrected chi connectivity index (χ0v) is 16.6. The van der Waals surface area contributed by atoms with Crippen LogP contribution in [0.1, 0.15) is 39.7 Å². The lowest BCUT2D eigenvalue weighted by Gasteiger charge is -2.22. The van der Waals surface area contributed by atoms with Gasteiger partial charge in [0.2, 0.25) is 0 Å². The molecule has 0 spiro atoms. The Kier molecular flexibility index (Phi) is 7.68. The van der Waals surface area contributed by atoms with Crippen molar-refractivity contribution < 1.29 is 9.47 Å². The Morgan fingerprint density at radius 1 is 1.19 bits per heavy atom. The minimum absolute atomic E-state index is 0.1000. The van der Waals surface area contributed by atoms with Crippen molar-refractivity contribution in [1.82, 2.24) is 5.32 Å². The molecule has 120 valence electrons. The van der Waals surface area contributed by atoms with Crippen molar-refractivity contribution in [1.29, 1.82) is 0 Å². The highest BCUT2D eigenvalue weighted by molar-refractivity contribution is 9.11. The van der Waals surface area contributed by atoms with E-state index in [9.17, 15) is 0 Å². The van der Waals surface area contributed by atoms with Gasteiger partial charge in [-0.05, 0) is 77.3 Å². The van der Waals surface area contributed by atoms with E-state index in [-0.39, 0.29) is 11.6 Å². The molecule has 0 fully saturated rings. The summed E-state index contributed by atoms with van der Waals surface area (Å²) in [4.78, 5) is 0. The summed E-state index contributed by atoms with van der Waals surface area (Å²) in [6.07, 6.45) is 0.971. The Morgan fingerprint density at radius 3 is 2.24 bits per heavy atom. The van der Waals surface area contributed by atoms with Crippen LogP contribution in [0.4, 0.5) is 0 Å². The molecule has 21 heavy (non-hydrogen) atoms. The first kappa shape index (κ1) is 18.9. The van der Waals surface area contributed by atoms with Gasteiger partial charge in [-0.1, -0.05) is 0 Å². The van der Waals surface area contributed by atoms with E-state index < -0.39 is 0 Å². The van der Waals surface area contributed by atoms with Crippen LogP contribution >= 0.6 is 31.9 Å². The average Bonchev–Trinajstić information content (AvgIpc) is 2.37. The first-order valence-electron chi connectivity index (χ1n) is 7.11. The van der Waals surface area contributed by atoms with Crippen molar-refractivity contribution >= 4 is 31.9 Å². The van der Waals surface area contributed by atoms with Crippen molar-refractivity contribution in [3.8, 4) is 5.75 Å². The summed E-state index contributed by atoms with van der Waals surface area (Å²) in [7, 11) is 1.70. The number of halogens is 2. The summed E-state index contributed by atoms with van der Waals surface area (Å²) < 4.78 is 13.0. The molecular formula is C16H25Br2NO2. The molecule has 5 heteroatoms. The van der Waals surface area contributed by atoms with Crippen LogP contribution < -0.4 is 10.1 Å². The predicted octanol–water partition coefficient (Wildman–Crippen LogP) is 4.90. The number of hydrogen-bond donors (Lipinski definition) is 1. The quantitative estimate of drug-likeness (QED) is 0.677. The van der Waals surface area contributed by atoms with E-state index in [0.717, 1.165) is 27.7 Å². The zero-order chi connectivity index (χ0) is 16.0. The molecule has 0 heterocycles. The van der Waals surface area contributed by atoms with Crippen molar-refractivity contribution in [2.24, 2.45) is 0 Å². The van der Waals surface area contributed by atoms with Gasteiger partial charge in [0.25, 0.3) is 0 Å². The smallest absolute Gasteiger partial charge is 0.148 e. The molecule has 0 saturated heterocycles. The second-order valence-corrected chi connectivity index (χ2v) is 7.91. The maximum atomic E-state index is 5.98. The van der Waals surface area contributed by atoms with Gasteiger partial charge in [0, 0.05) is 32.2 Å². The average molecular weight is 423 g/mol. The Hall–Kier alpha value is -0.100. The minimum atomic E-state index is 0.1000. The van der Waals surface area contributed by atoms with Gasteiger partial charge in [0.1, 0.15) is 5.75 Å². The lowest BCUT2D eigenvalue weighted by molar-refractivity contribution is 0.134. The maximum Gasteiger partial charge on any atom is 0.148 e. The highest BCUT2D eigenvalue weighted by Crippen LogP contribution is 2.35. The summed E-state index contributed by atoms with van der Waals surface area (Å²) in [5, 5.41) is 3.48. The zero-order valence-electron chi connectivity index (χ0n) is 13.4. The third-order valence-electron chi connectivity index (χ3n) is 2.93. The lowest BCUT2D eigenvalue weighted by atomic mass is 10.1. The molecule has 0 radical (unpaired) electrons. The molecule has 0 aliphatic carbocycles. The molecule has 1 rings (SSSR count). The van der Waals surface area contributed by atoms with Gasteiger partial charge >= 0.3 is 0 Å². The maximum absolute atomic E-state index is 5.98. The summed E-state index contributed by atoms with van der Waals surface area (Å²) in [6, 6.07) is 4.20. The first-order chi connectivity index (χ1) is 9.73. The van der Waals surface area contributed by atoms with E-state index in [4.69, 9.17) is 9.47 Å². The van der Waals surface area contributed by atoms with Gasteiger partial charge in [0.05, 0.1) is 15.0 Å². The molecule has 1 aromatic carbocycles. The third kappa shape index (κ3) is 7.13. The topological polar surface area (TPSA) is 30.5 Å². The number of hydrogen-bond acceptors (Lipinski definition) is 3. The number of rotatable bonds is 7. The molecule has 1 unspecified atom stereocenters. The van der Waals surface area contributed by atoms with Crippen LogP contribution in [-0.2, 0) is 11.3 Å². The van der Waals surface area contributed by atoms with Gasteiger partial charge in [0.15, 0.2) is 0 Å². The minimum Gasteiger partial charge on any atom is -0.488 e. The Labute approximate surface area is 145 Å². The second-order valence-electron chi connectivity index (χ2n) is 6.20. The molecule has 0 aromatic heterocycles. The summed E-state index contributed by atoms with van der Waals surface area (Å²) in [5.74, 6) is 0.845. The van der Waals surface area contributed by atoms with Crippen molar-refractivity contribution in [3.63, 3.8) is 0 Å². The number of benzene rings is 1. The van der Waals surface area contributed by atoms with Crippen LogP contribution in [0, 0.1) is 0 Å². The molecule has 0 amide bonds. The van der Waals surface area contributed by atoms with Gasteiger partial charge in [-0.25, -0.2) is 0 Å². The van der Waals surface area contributed by atoms with Gasteiger partial charge in [-0.2, -0.15) is 0 Å². The van der Waals surface area contributed by atoms with E-state index in [1.54, 1.807) is 7.11 Å². The molecular weight excluding hydrogens is 398 g/mol.